The normalized spacial score (nSPS) is 22.6. The van der Waals surface area contributed by atoms with E-state index in [2.05, 4.69) is 0 Å². The first-order chi connectivity index (χ1) is 6.35. The van der Waals surface area contributed by atoms with E-state index < -0.39 is 36.3 Å². The molecule has 6 nitrogen and oxygen atoms in total. The van der Waals surface area contributed by atoms with Gasteiger partial charge in [-0.25, -0.2) is 9.59 Å². The summed E-state index contributed by atoms with van der Waals surface area (Å²) < 4.78 is 25.6. The van der Waals surface area contributed by atoms with E-state index in [-0.39, 0.29) is 0 Å². The van der Waals surface area contributed by atoms with Crippen LogP contribution in [-0.4, -0.2) is 35.5 Å². The Bertz CT molecular complexity index is 304. The van der Waals surface area contributed by atoms with E-state index in [0.717, 1.165) is 0 Å². The molecule has 3 amide bonds. The summed E-state index contributed by atoms with van der Waals surface area (Å²) in [6, 6.07) is -0.910. The van der Waals surface area contributed by atoms with Crippen molar-refractivity contribution in [2.75, 3.05) is 6.54 Å². The minimum atomic E-state index is -4.18. The third-order valence-corrected chi connectivity index (χ3v) is 1.74. The number of carbonyl (C=O) groups is 3. The van der Waals surface area contributed by atoms with Gasteiger partial charge in [-0.1, -0.05) is 0 Å². The van der Waals surface area contributed by atoms with Crippen molar-refractivity contribution in [3.8, 4) is 0 Å². The molecule has 1 heterocycles. The van der Waals surface area contributed by atoms with Gasteiger partial charge in [0.05, 0.1) is 0 Å². The van der Waals surface area contributed by atoms with Gasteiger partial charge in [0.15, 0.2) is 0 Å². The molecule has 1 unspecified atom stereocenters. The predicted octanol–water partition coefficient (Wildman–Crippen LogP) is -0.838. The molecule has 0 spiro atoms. The Balaban J connectivity index is 2.84. The molecule has 78 valence electrons. The average Bonchev–Trinajstić information content (AvgIpc) is 2.02. The molecule has 1 atom stereocenters. The number of carboxylic acids is 1. The number of urea groups is 1. The number of hydrogen-bond donors (Lipinski definition) is 3. The molecular weight excluding hydrogens is 202 g/mol. The Hall–Kier alpha value is -1.73. The van der Waals surface area contributed by atoms with Crippen molar-refractivity contribution in [3.05, 3.63) is 0 Å². The van der Waals surface area contributed by atoms with Gasteiger partial charge in [-0.15, -0.1) is 0 Å². The van der Waals surface area contributed by atoms with E-state index in [9.17, 15) is 23.2 Å². The van der Waals surface area contributed by atoms with Crippen molar-refractivity contribution in [2.24, 2.45) is 5.92 Å². The molecule has 8 heteroatoms. The average molecular weight is 208 g/mol. The van der Waals surface area contributed by atoms with Crippen LogP contribution in [0.15, 0.2) is 0 Å². The lowest BCUT2D eigenvalue weighted by molar-refractivity contribution is -0.176. The number of hydrogen-bond acceptors (Lipinski definition) is 3. The molecule has 3 N–H and O–H groups in total. The number of carbonyl (C=O) groups excluding carboxylic acids is 2. The molecular formula is C6H6F2N2O4. The van der Waals surface area contributed by atoms with Crippen LogP contribution in [0.1, 0.15) is 0 Å². The van der Waals surface area contributed by atoms with Crippen molar-refractivity contribution < 1.29 is 28.3 Å². The molecule has 1 fully saturated rings. The van der Waals surface area contributed by atoms with Crippen LogP contribution in [0.25, 0.3) is 0 Å². The van der Waals surface area contributed by atoms with Gasteiger partial charge in [0.1, 0.15) is 5.92 Å². The summed E-state index contributed by atoms with van der Waals surface area (Å²) in [5.74, 6) is -9.94. The largest absolute Gasteiger partial charge is 0.477 e. The lowest BCUT2D eigenvalue weighted by atomic mass is 9.99. The minimum absolute atomic E-state index is 0.691. The zero-order valence-electron chi connectivity index (χ0n) is 6.71. The fraction of sp³-hybridized carbons (Fsp3) is 0.500. The lowest BCUT2D eigenvalue weighted by Gasteiger charge is -2.26. The Morgan fingerprint density at radius 2 is 2.07 bits per heavy atom. The van der Waals surface area contributed by atoms with Crippen LogP contribution < -0.4 is 10.6 Å². The second-order valence-electron chi connectivity index (χ2n) is 2.68. The maximum Gasteiger partial charge on any atom is 0.375 e. The van der Waals surface area contributed by atoms with Crippen LogP contribution in [0.2, 0.25) is 0 Å². The first-order valence-electron chi connectivity index (χ1n) is 3.55. The monoisotopic (exact) mass is 208 g/mol. The fourth-order valence-electron chi connectivity index (χ4n) is 0.973. The zero-order valence-corrected chi connectivity index (χ0v) is 6.71. The number of imide groups is 1. The van der Waals surface area contributed by atoms with Crippen molar-refractivity contribution in [1.29, 1.82) is 0 Å². The third kappa shape index (κ3) is 1.63. The SMILES string of the molecule is O=C1NCC(C(F)(F)C(=O)O)C(=O)N1. The highest BCUT2D eigenvalue weighted by Gasteiger charge is 2.53. The first-order valence-corrected chi connectivity index (χ1v) is 3.55. The van der Waals surface area contributed by atoms with E-state index in [0.29, 0.717) is 0 Å². The standard InChI is InChI=1S/C6H6F2N2O4/c7-6(8,4(12)13)2-1-9-5(14)10-3(2)11/h2H,1H2,(H,12,13)(H2,9,10,11,14). The highest BCUT2D eigenvalue weighted by Crippen LogP contribution is 2.25. The topological polar surface area (TPSA) is 95.5 Å². The maximum absolute atomic E-state index is 12.8. The van der Waals surface area contributed by atoms with E-state index in [1.165, 1.54) is 0 Å². The minimum Gasteiger partial charge on any atom is -0.477 e. The number of amides is 3. The molecule has 0 aromatic heterocycles. The number of aliphatic carboxylic acids is 1. The summed E-state index contributed by atoms with van der Waals surface area (Å²) in [6.07, 6.45) is 0. The Morgan fingerprint density at radius 1 is 1.50 bits per heavy atom. The van der Waals surface area contributed by atoms with Crippen LogP contribution in [0.5, 0.6) is 0 Å². The molecule has 1 aliphatic rings. The van der Waals surface area contributed by atoms with Crippen LogP contribution in [0, 0.1) is 5.92 Å². The number of nitrogens with one attached hydrogen (secondary N) is 2. The highest BCUT2D eigenvalue weighted by molar-refractivity contribution is 6.00. The molecule has 0 aliphatic carbocycles. The van der Waals surface area contributed by atoms with Gasteiger partial charge in [-0.05, 0) is 0 Å². The fourth-order valence-corrected chi connectivity index (χ4v) is 0.973. The smallest absolute Gasteiger partial charge is 0.375 e. The summed E-state index contributed by atoms with van der Waals surface area (Å²) in [6.45, 7) is -0.691. The predicted molar refractivity (Wildman–Crippen MR) is 37.6 cm³/mol. The van der Waals surface area contributed by atoms with Crippen molar-refractivity contribution in [1.82, 2.24) is 10.6 Å². The van der Waals surface area contributed by atoms with Gasteiger partial charge in [-0.2, -0.15) is 8.78 Å². The number of alkyl halides is 2. The van der Waals surface area contributed by atoms with Gasteiger partial charge >= 0.3 is 17.9 Å². The molecule has 0 bridgehead atoms. The van der Waals surface area contributed by atoms with Crippen molar-refractivity contribution in [2.45, 2.75) is 5.92 Å². The molecule has 1 saturated heterocycles. The van der Waals surface area contributed by atoms with E-state index in [4.69, 9.17) is 5.11 Å². The van der Waals surface area contributed by atoms with Crippen LogP contribution in [0.4, 0.5) is 13.6 Å². The number of halogens is 2. The van der Waals surface area contributed by atoms with Gasteiger partial charge < -0.3 is 10.4 Å². The van der Waals surface area contributed by atoms with Gasteiger partial charge in [0, 0.05) is 6.54 Å². The second-order valence-corrected chi connectivity index (χ2v) is 2.68. The van der Waals surface area contributed by atoms with Gasteiger partial charge in [-0.3, -0.25) is 10.1 Å². The summed E-state index contributed by atoms with van der Waals surface area (Å²) in [5, 5.41) is 11.6. The quantitative estimate of drug-likeness (QED) is 0.551. The van der Waals surface area contributed by atoms with E-state index >= 15 is 0 Å². The van der Waals surface area contributed by atoms with Gasteiger partial charge in [0.25, 0.3) is 0 Å². The molecule has 0 aromatic rings. The van der Waals surface area contributed by atoms with Gasteiger partial charge in [0.2, 0.25) is 5.91 Å². The summed E-state index contributed by atoms with van der Waals surface area (Å²) in [4.78, 5) is 31.4. The molecule has 1 aliphatic heterocycles. The van der Waals surface area contributed by atoms with Crippen LogP contribution in [-0.2, 0) is 9.59 Å². The summed E-state index contributed by atoms with van der Waals surface area (Å²) in [7, 11) is 0. The zero-order chi connectivity index (χ0) is 10.9. The third-order valence-electron chi connectivity index (χ3n) is 1.74. The molecule has 14 heavy (non-hydrogen) atoms. The second kappa shape index (κ2) is 3.20. The first kappa shape index (κ1) is 10.4. The Labute approximate surface area is 76.3 Å². The Kier molecular flexibility index (Phi) is 2.37. The van der Waals surface area contributed by atoms with E-state index in [1.807, 2.05) is 5.32 Å². The maximum atomic E-state index is 12.8. The molecule has 0 radical (unpaired) electrons. The lowest BCUT2D eigenvalue weighted by Crippen LogP contribution is -2.59. The molecule has 0 saturated carbocycles. The molecule has 0 aromatic carbocycles. The van der Waals surface area contributed by atoms with Crippen molar-refractivity contribution >= 4 is 17.9 Å². The van der Waals surface area contributed by atoms with Crippen LogP contribution >= 0.6 is 0 Å². The number of carboxylic acid groups (broad SMARTS) is 1. The van der Waals surface area contributed by atoms with E-state index in [1.54, 1.807) is 5.32 Å². The van der Waals surface area contributed by atoms with Crippen molar-refractivity contribution in [3.63, 3.8) is 0 Å². The number of rotatable bonds is 2. The highest BCUT2D eigenvalue weighted by atomic mass is 19.3. The molecule has 1 rings (SSSR count). The summed E-state index contributed by atoms with van der Waals surface area (Å²) in [5.41, 5.74) is 0. The Morgan fingerprint density at radius 3 is 2.50 bits per heavy atom. The van der Waals surface area contributed by atoms with Crippen LogP contribution in [0.3, 0.4) is 0 Å². The summed E-state index contributed by atoms with van der Waals surface area (Å²) >= 11 is 0.